The first-order chi connectivity index (χ1) is 10.1. The molecule has 2 aromatic rings. The quantitative estimate of drug-likeness (QED) is 0.792. The second-order valence-corrected chi connectivity index (χ2v) is 5.22. The van der Waals surface area contributed by atoms with Gasteiger partial charge in [-0.2, -0.15) is 0 Å². The summed E-state index contributed by atoms with van der Waals surface area (Å²) >= 11 is 12.0. The third-order valence-corrected chi connectivity index (χ3v) is 3.34. The number of hydrogen-bond donors (Lipinski definition) is 1. The summed E-state index contributed by atoms with van der Waals surface area (Å²) in [5, 5.41) is 18.0. The van der Waals surface area contributed by atoms with Gasteiger partial charge in [0.2, 0.25) is 11.8 Å². The number of aliphatic hydroxyl groups is 1. The van der Waals surface area contributed by atoms with E-state index in [0.29, 0.717) is 47.0 Å². The van der Waals surface area contributed by atoms with Crippen molar-refractivity contribution in [1.82, 2.24) is 15.1 Å². The maximum atomic E-state index is 9.01. The predicted molar refractivity (Wildman–Crippen MR) is 82.3 cm³/mol. The summed E-state index contributed by atoms with van der Waals surface area (Å²) in [6.45, 7) is 5.30. The Morgan fingerprint density at radius 3 is 2.81 bits per heavy atom. The van der Waals surface area contributed by atoms with E-state index in [9.17, 15) is 0 Å². The number of hydrogen-bond acceptors (Lipinski definition) is 5. The van der Waals surface area contributed by atoms with Crippen LogP contribution >= 0.6 is 23.2 Å². The number of benzene rings is 1. The highest BCUT2D eigenvalue weighted by Crippen LogP contribution is 2.29. The van der Waals surface area contributed by atoms with Crippen molar-refractivity contribution >= 4 is 23.2 Å². The number of halogens is 2. The average Bonchev–Trinajstić information content (AvgIpc) is 2.87. The van der Waals surface area contributed by atoms with Crippen LogP contribution in [0.3, 0.4) is 0 Å². The van der Waals surface area contributed by atoms with E-state index >= 15 is 0 Å². The van der Waals surface area contributed by atoms with Gasteiger partial charge >= 0.3 is 0 Å². The van der Waals surface area contributed by atoms with E-state index in [4.69, 9.17) is 32.7 Å². The van der Waals surface area contributed by atoms with E-state index < -0.39 is 0 Å². The molecule has 1 N–H and O–H groups in total. The highest BCUT2D eigenvalue weighted by atomic mass is 35.5. The summed E-state index contributed by atoms with van der Waals surface area (Å²) in [6.07, 6.45) is 1.75. The van der Waals surface area contributed by atoms with Gasteiger partial charge in [-0.25, -0.2) is 0 Å². The molecule has 21 heavy (non-hydrogen) atoms. The minimum absolute atomic E-state index is 0.0534. The molecule has 1 aromatic heterocycles. The van der Waals surface area contributed by atoms with Crippen molar-refractivity contribution in [1.29, 1.82) is 0 Å². The molecule has 0 aliphatic heterocycles. The van der Waals surface area contributed by atoms with Crippen LogP contribution in [-0.2, 0) is 6.54 Å². The van der Waals surface area contributed by atoms with Gasteiger partial charge in [0.1, 0.15) is 0 Å². The van der Waals surface area contributed by atoms with Crippen molar-refractivity contribution in [2.75, 3.05) is 19.7 Å². The molecule has 0 spiro atoms. The zero-order chi connectivity index (χ0) is 15.2. The Morgan fingerprint density at radius 2 is 2.14 bits per heavy atom. The van der Waals surface area contributed by atoms with Crippen LogP contribution in [0.15, 0.2) is 35.3 Å². The topological polar surface area (TPSA) is 62.4 Å². The summed E-state index contributed by atoms with van der Waals surface area (Å²) in [6, 6.07) is 5.07. The van der Waals surface area contributed by atoms with Gasteiger partial charge in [-0.15, -0.1) is 16.8 Å². The van der Waals surface area contributed by atoms with E-state index in [1.54, 1.807) is 24.3 Å². The predicted octanol–water partition coefficient (Wildman–Crippen LogP) is 3.02. The van der Waals surface area contributed by atoms with Crippen molar-refractivity contribution in [3.8, 4) is 11.5 Å². The molecule has 0 aliphatic carbocycles. The number of aliphatic hydroxyl groups excluding tert-OH is 1. The van der Waals surface area contributed by atoms with Crippen LogP contribution in [0.5, 0.6) is 0 Å². The second-order valence-electron chi connectivity index (χ2n) is 4.37. The first kappa shape index (κ1) is 16.0. The Hall–Kier alpha value is -1.40. The molecule has 0 amide bonds. The number of aromatic nitrogens is 2. The smallest absolute Gasteiger partial charge is 0.249 e. The van der Waals surface area contributed by atoms with Crippen LogP contribution in [0.2, 0.25) is 10.0 Å². The Kier molecular flexibility index (Phi) is 5.76. The average molecular weight is 328 g/mol. The highest BCUT2D eigenvalue weighted by Gasteiger charge is 2.14. The molecular weight excluding hydrogens is 313 g/mol. The Bertz CT molecular complexity index is 616. The lowest BCUT2D eigenvalue weighted by Gasteiger charge is -2.16. The second kappa shape index (κ2) is 7.56. The molecule has 0 aliphatic rings. The fraction of sp³-hybridized carbons (Fsp3) is 0.286. The van der Waals surface area contributed by atoms with Gasteiger partial charge in [0.15, 0.2) is 0 Å². The summed E-state index contributed by atoms with van der Waals surface area (Å²) in [5.74, 6) is 0.792. The van der Waals surface area contributed by atoms with Gasteiger partial charge in [0.25, 0.3) is 0 Å². The standard InChI is InChI=1S/C14H15Cl2N3O2/c1-2-5-19(6-7-20)9-13-17-18-14(21-13)11-4-3-10(15)8-12(11)16/h2-4,8,20H,1,5-7,9H2. The molecule has 0 unspecified atom stereocenters. The fourth-order valence-electron chi connectivity index (χ4n) is 1.84. The van der Waals surface area contributed by atoms with Gasteiger partial charge in [-0.05, 0) is 18.2 Å². The zero-order valence-electron chi connectivity index (χ0n) is 11.3. The van der Waals surface area contributed by atoms with E-state index in [1.165, 1.54) is 0 Å². The minimum atomic E-state index is 0.0534. The molecule has 112 valence electrons. The fourth-order valence-corrected chi connectivity index (χ4v) is 2.33. The van der Waals surface area contributed by atoms with Crippen molar-refractivity contribution in [3.05, 3.63) is 46.8 Å². The van der Waals surface area contributed by atoms with Gasteiger partial charge in [0.05, 0.1) is 23.7 Å². The monoisotopic (exact) mass is 327 g/mol. The van der Waals surface area contributed by atoms with Gasteiger partial charge in [0, 0.05) is 18.1 Å². The number of nitrogens with zero attached hydrogens (tertiary/aromatic N) is 3. The first-order valence-electron chi connectivity index (χ1n) is 6.36. The van der Waals surface area contributed by atoms with Crippen LogP contribution in [0.25, 0.3) is 11.5 Å². The van der Waals surface area contributed by atoms with Crippen LogP contribution in [0, 0.1) is 0 Å². The van der Waals surface area contributed by atoms with Crippen LogP contribution in [0.1, 0.15) is 5.89 Å². The third kappa shape index (κ3) is 4.28. The molecule has 0 saturated heterocycles. The van der Waals surface area contributed by atoms with Gasteiger partial charge in [-0.1, -0.05) is 29.3 Å². The largest absolute Gasteiger partial charge is 0.419 e. The summed E-state index contributed by atoms with van der Waals surface area (Å²) in [7, 11) is 0. The third-order valence-electron chi connectivity index (χ3n) is 2.79. The zero-order valence-corrected chi connectivity index (χ0v) is 12.8. The molecule has 1 aromatic carbocycles. The molecule has 0 radical (unpaired) electrons. The SMILES string of the molecule is C=CCN(CCO)Cc1nnc(-c2ccc(Cl)cc2Cl)o1. The normalized spacial score (nSPS) is 11.0. The highest BCUT2D eigenvalue weighted by molar-refractivity contribution is 6.36. The minimum Gasteiger partial charge on any atom is -0.419 e. The molecule has 0 bridgehead atoms. The van der Waals surface area contributed by atoms with Crippen LogP contribution < -0.4 is 0 Å². The van der Waals surface area contributed by atoms with Crippen molar-refractivity contribution in [2.45, 2.75) is 6.54 Å². The summed E-state index contributed by atoms with van der Waals surface area (Å²) < 4.78 is 5.61. The molecule has 0 atom stereocenters. The van der Waals surface area contributed by atoms with Crippen molar-refractivity contribution < 1.29 is 9.52 Å². The summed E-state index contributed by atoms with van der Waals surface area (Å²) in [5.41, 5.74) is 0.636. The van der Waals surface area contributed by atoms with E-state index in [2.05, 4.69) is 16.8 Å². The van der Waals surface area contributed by atoms with Crippen molar-refractivity contribution in [3.63, 3.8) is 0 Å². The molecule has 2 rings (SSSR count). The Labute approximate surface area is 132 Å². The lowest BCUT2D eigenvalue weighted by atomic mass is 10.2. The molecular formula is C14H15Cl2N3O2. The van der Waals surface area contributed by atoms with Gasteiger partial charge < -0.3 is 9.52 Å². The maximum absolute atomic E-state index is 9.01. The number of rotatable bonds is 7. The maximum Gasteiger partial charge on any atom is 0.249 e. The molecule has 0 fully saturated rings. The lowest BCUT2D eigenvalue weighted by molar-refractivity contribution is 0.192. The van der Waals surface area contributed by atoms with Crippen LogP contribution in [-0.4, -0.2) is 39.9 Å². The van der Waals surface area contributed by atoms with E-state index in [1.807, 2.05) is 4.90 Å². The molecule has 0 saturated carbocycles. The first-order valence-corrected chi connectivity index (χ1v) is 7.11. The van der Waals surface area contributed by atoms with E-state index in [0.717, 1.165) is 0 Å². The van der Waals surface area contributed by atoms with Crippen molar-refractivity contribution in [2.24, 2.45) is 0 Å². The van der Waals surface area contributed by atoms with E-state index in [-0.39, 0.29) is 6.61 Å². The Morgan fingerprint density at radius 1 is 1.33 bits per heavy atom. The lowest BCUT2D eigenvalue weighted by Crippen LogP contribution is -2.26. The molecule has 1 heterocycles. The molecule has 5 nitrogen and oxygen atoms in total. The molecule has 7 heteroatoms. The summed E-state index contributed by atoms with van der Waals surface area (Å²) in [4.78, 5) is 1.94. The Balaban J connectivity index is 2.15. The van der Waals surface area contributed by atoms with Gasteiger partial charge in [-0.3, -0.25) is 4.90 Å². The van der Waals surface area contributed by atoms with Crippen LogP contribution in [0.4, 0.5) is 0 Å².